The van der Waals surface area contributed by atoms with Crippen molar-refractivity contribution in [2.45, 2.75) is 13.1 Å². The van der Waals surface area contributed by atoms with E-state index >= 15 is 0 Å². The van der Waals surface area contributed by atoms with E-state index in [9.17, 15) is 9.90 Å². The van der Waals surface area contributed by atoms with Crippen LogP contribution in [0.25, 0.3) is 11.2 Å². The van der Waals surface area contributed by atoms with Crippen LogP contribution in [0.3, 0.4) is 0 Å². The first kappa shape index (κ1) is 14.3. The molecule has 0 bridgehead atoms. The highest BCUT2D eigenvalue weighted by Crippen LogP contribution is 2.18. The van der Waals surface area contributed by atoms with Crippen LogP contribution in [-0.2, 0) is 17.8 Å². The van der Waals surface area contributed by atoms with Gasteiger partial charge in [-0.15, -0.1) is 0 Å². The Labute approximate surface area is 126 Å². The Morgan fingerprint density at radius 2 is 2.05 bits per heavy atom. The minimum absolute atomic E-state index is 0.324. The Morgan fingerprint density at radius 1 is 1.27 bits per heavy atom. The third kappa shape index (κ3) is 2.58. The van der Waals surface area contributed by atoms with Gasteiger partial charge in [-0.05, 0) is 5.56 Å². The summed E-state index contributed by atoms with van der Waals surface area (Å²) in [5.74, 6) is -0.557. The zero-order valence-corrected chi connectivity index (χ0v) is 12.1. The highest BCUT2D eigenvalue weighted by atomic mass is 16.5. The highest BCUT2D eigenvalue weighted by molar-refractivity contribution is 5.76. The van der Waals surface area contributed by atoms with E-state index in [2.05, 4.69) is 9.97 Å². The molecular weight excluding hydrogens is 284 g/mol. The number of ether oxygens (including phenoxy) is 1. The Hall–Kier alpha value is -2.67. The van der Waals surface area contributed by atoms with E-state index in [1.807, 2.05) is 30.3 Å². The van der Waals surface area contributed by atoms with E-state index in [0.29, 0.717) is 30.9 Å². The van der Waals surface area contributed by atoms with Gasteiger partial charge in [0.25, 0.3) is 0 Å². The van der Waals surface area contributed by atoms with Gasteiger partial charge in [0.1, 0.15) is 0 Å². The average Bonchev–Trinajstić information content (AvgIpc) is 2.94. The maximum absolute atomic E-state index is 12.1. The van der Waals surface area contributed by atoms with Gasteiger partial charge in [0.15, 0.2) is 5.65 Å². The monoisotopic (exact) mass is 299 g/mol. The third-order valence-corrected chi connectivity index (χ3v) is 3.42. The number of aromatic nitrogens is 4. The Morgan fingerprint density at radius 3 is 2.77 bits per heavy atom. The zero-order chi connectivity index (χ0) is 15.5. The predicted molar refractivity (Wildman–Crippen MR) is 78.7 cm³/mol. The van der Waals surface area contributed by atoms with Crippen molar-refractivity contribution in [1.82, 2.24) is 19.1 Å². The first-order valence-corrected chi connectivity index (χ1v) is 6.86. The molecule has 0 saturated heterocycles. The molecule has 0 aliphatic rings. The second-order valence-electron chi connectivity index (χ2n) is 4.87. The van der Waals surface area contributed by atoms with Crippen LogP contribution in [0.1, 0.15) is 5.56 Å². The van der Waals surface area contributed by atoms with Crippen LogP contribution in [0.4, 0.5) is 0 Å². The van der Waals surface area contributed by atoms with E-state index in [1.54, 1.807) is 11.7 Å². The summed E-state index contributed by atoms with van der Waals surface area (Å²) in [5.41, 5.74) is 1.04. The SMILES string of the molecule is COCCn1cnc2c1c([O-])nc(=O)n2Cc1ccccc1. The molecule has 22 heavy (non-hydrogen) atoms. The number of imidazole rings is 1. The van der Waals surface area contributed by atoms with Crippen molar-refractivity contribution in [3.05, 3.63) is 52.7 Å². The Bertz CT molecular complexity index is 839. The third-order valence-electron chi connectivity index (χ3n) is 3.42. The molecule has 0 fully saturated rings. The lowest BCUT2D eigenvalue weighted by atomic mass is 10.2. The van der Waals surface area contributed by atoms with Crippen molar-refractivity contribution < 1.29 is 9.84 Å². The Balaban J connectivity index is 2.10. The molecule has 0 aliphatic carbocycles. The van der Waals surface area contributed by atoms with Crippen molar-refractivity contribution in [2.75, 3.05) is 13.7 Å². The largest absolute Gasteiger partial charge is 0.857 e. The number of hydrogen-bond donors (Lipinski definition) is 0. The minimum atomic E-state index is -0.585. The quantitative estimate of drug-likeness (QED) is 0.679. The van der Waals surface area contributed by atoms with Gasteiger partial charge in [-0.25, -0.2) is 14.8 Å². The molecule has 7 heteroatoms. The molecule has 7 nitrogen and oxygen atoms in total. The molecule has 2 aromatic heterocycles. The fourth-order valence-corrected chi connectivity index (χ4v) is 2.35. The second-order valence-corrected chi connectivity index (χ2v) is 4.87. The fraction of sp³-hybridized carbons (Fsp3) is 0.267. The van der Waals surface area contributed by atoms with E-state index in [-0.39, 0.29) is 0 Å². The fourth-order valence-electron chi connectivity index (χ4n) is 2.35. The van der Waals surface area contributed by atoms with Gasteiger partial charge in [0.2, 0.25) is 0 Å². The summed E-state index contributed by atoms with van der Waals surface area (Å²) in [6.07, 6.45) is 1.54. The lowest BCUT2D eigenvalue weighted by Gasteiger charge is -2.13. The molecular formula is C15H15N4O3-. The molecule has 0 amide bonds. The van der Waals surface area contributed by atoms with Gasteiger partial charge in [-0.1, -0.05) is 30.3 Å². The predicted octanol–water partition coefficient (Wildman–Crippen LogP) is 0.361. The number of fused-ring (bicyclic) bond motifs is 1. The first-order chi connectivity index (χ1) is 10.7. The summed E-state index contributed by atoms with van der Waals surface area (Å²) >= 11 is 0. The second kappa shape index (κ2) is 5.98. The van der Waals surface area contributed by atoms with E-state index < -0.39 is 11.6 Å². The van der Waals surface area contributed by atoms with Crippen molar-refractivity contribution in [3.63, 3.8) is 0 Å². The van der Waals surface area contributed by atoms with Crippen molar-refractivity contribution in [2.24, 2.45) is 0 Å². The molecule has 0 aliphatic heterocycles. The standard InChI is InChI=1S/C15H16N4O3/c1-22-8-7-18-10-16-13-12(18)14(20)17-15(21)19(13)9-11-5-3-2-4-6-11/h2-6,10H,7-9H2,1H3,(H,17,20,21)/p-1. The van der Waals surface area contributed by atoms with Crippen LogP contribution in [-0.4, -0.2) is 32.8 Å². The molecule has 2 heterocycles. The maximum Gasteiger partial charge on any atom is 0.349 e. The molecule has 3 rings (SSSR count). The summed E-state index contributed by atoms with van der Waals surface area (Å²) in [6.45, 7) is 1.25. The minimum Gasteiger partial charge on any atom is -0.857 e. The summed E-state index contributed by atoms with van der Waals surface area (Å²) in [7, 11) is 1.58. The number of nitrogens with zero attached hydrogens (tertiary/aromatic N) is 4. The van der Waals surface area contributed by atoms with Crippen LogP contribution in [0, 0.1) is 0 Å². The number of rotatable bonds is 5. The zero-order valence-electron chi connectivity index (χ0n) is 12.1. The van der Waals surface area contributed by atoms with Crippen molar-refractivity contribution >= 4 is 11.2 Å². The molecule has 0 radical (unpaired) electrons. The molecule has 114 valence electrons. The highest BCUT2D eigenvalue weighted by Gasteiger charge is 2.12. The van der Waals surface area contributed by atoms with Gasteiger partial charge < -0.3 is 14.4 Å². The van der Waals surface area contributed by atoms with Gasteiger partial charge in [0.05, 0.1) is 25.0 Å². The van der Waals surface area contributed by atoms with Crippen LogP contribution in [0.2, 0.25) is 0 Å². The van der Waals surface area contributed by atoms with E-state index in [4.69, 9.17) is 4.74 Å². The van der Waals surface area contributed by atoms with Gasteiger partial charge in [-0.2, -0.15) is 0 Å². The molecule has 0 atom stereocenters. The molecule has 0 unspecified atom stereocenters. The summed E-state index contributed by atoms with van der Waals surface area (Å²) < 4.78 is 8.09. The molecule has 0 spiro atoms. The molecule has 1 aromatic carbocycles. The molecule has 3 aromatic rings. The normalized spacial score (nSPS) is 11.1. The number of methoxy groups -OCH3 is 1. The smallest absolute Gasteiger partial charge is 0.349 e. The van der Waals surface area contributed by atoms with E-state index in [0.717, 1.165) is 5.56 Å². The lowest BCUT2D eigenvalue weighted by molar-refractivity contribution is -0.273. The molecule has 0 saturated carbocycles. The van der Waals surface area contributed by atoms with Crippen molar-refractivity contribution in [1.29, 1.82) is 0 Å². The summed E-state index contributed by atoms with van der Waals surface area (Å²) in [4.78, 5) is 19.9. The summed E-state index contributed by atoms with van der Waals surface area (Å²) in [6, 6.07) is 9.51. The van der Waals surface area contributed by atoms with Crippen LogP contribution in [0.15, 0.2) is 41.5 Å². The van der Waals surface area contributed by atoms with Crippen LogP contribution < -0.4 is 10.8 Å². The van der Waals surface area contributed by atoms with Crippen molar-refractivity contribution in [3.8, 4) is 5.88 Å². The lowest BCUT2D eigenvalue weighted by Crippen LogP contribution is -2.25. The van der Waals surface area contributed by atoms with Gasteiger partial charge in [-0.3, -0.25) is 4.57 Å². The maximum atomic E-state index is 12.1. The Kier molecular flexibility index (Phi) is 3.88. The van der Waals surface area contributed by atoms with Crippen LogP contribution in [0.5, 0.6) is 5.88 Å². The van der Waals surface area contributed by atoms with E-state index in [1.165, 1.54) is 10.9 Å². The van der Waals surface area contributed by atoms with Crippen LogP contribution >= 0.6 is 0 Å². The average molecular weight is 299 g/mol. The van der Waals surface area contributed by atoms with Gasteiger partial charge in [0, 0.05) is 19.5 Å². The summed E-state index contributed by atoms with van der Waals surface area (Å²) in [5, 5.41) is 12.0. The van der Waals surface area contributed by atoms with Gasteiger partial charge >= 0.3 is 5.69 Å². The number of benzene rings is 1. The number of hydrogen-bond acceptors (Lipinski definition) is 5. The first-order valence-electron chi connectivity index (χ1n) is 6.86. The topological polar surface area (TPSA) is 85.0 Å². The molecule has 0 N–H and O–H groups in total.